The molecule has 0 saturated carbocycles. The Morgan fingerprint density at radius 3 is 1.92 bits per heavy atom. The minimum atomic E-state index is -0.184. The predicted octanol–water partition coefficient (Wildman–Crippen LogP) is 0.825. The second-order valence-corrected chi connectivity index (χ2v) is 2.76. The summed E-state index contributed by atoms with van der Waals surface area (Å²) >= 11 is 0. The molecule has 1 aromatic rings. The van der Waals surface area contributed by atoms with Gasteiger partial charge in [0.1, 0.15) is 0 Å². The van der Waals surface area contributed by atoms with Crippen molar-refractivity contribution < 1.29 is 9.22 Å². The normalized spacial score (nSPS) is 8.17. The average molecular weight is 182 g/mol. The first-order valence-corrected chi connectivity index (χ1v) is 4.54. The number of aryl methyl sites for hydroxylation is 1. The Balaban J connectivity index is 0.000000217. The van der Waals surface area contributed by atoms with E-state index in [1.54, 1.807) is 0 Å². The molecule has 0 unspecified atom stereocenters. The van der Waals surface area contributed by atoms with Gasteiger partial charge in [0.2, 0.25) is 10.5 Å². The van der Waals surface area contributed by atoms with Crippen molar-refractivity contribution in [1.82, 2.24) is 0 Å². The zero-order chi connectivity index (χ0) is 9.40. The monoisotopic (exact) mass is 182 g/mol. The summed E-state index contributed by atoms with van der Waals surface area (Å²) in [5, 5.41) is 0. The van der Waals surface area contributed by atoms with Crippen LogP contribution in [-0.2, 0) is 9.22 Å². The minimum Gasteiger partial charge on any atom is -0.529 e. The maximum absolute atomic E-state index is 9.62. The van der Waals surface area contributed by atoms with Gasteiger partial charge in [-0.05, 0) is 6.92 Å². The molecule has 12 heavy (non-hydrogen) atoms. The fraction of sp³-hybridized carbons (Fsp3) is 0.222. The van der Waals surface area contributed by atoms with Crippen LogP contribution in [0.3, 0.4) is 0 Å². The first-order valence-electron chi connectivity index (χ1n) is 3.73. The van der Waals surface area contributed by atoms with Gasteiger partial charge in [-0.2, -0.15) is 0 Å². The lowest BCUT2D eigenvalue weighted by atomic mass is 10.2. The van der Waals surface area contributed by atoms with Crippen LogP contribution in [0.15, 0.2) is 30.3 Å². The molecule has 0 saturated heterocycles. The van der Waals surface area contributed by atoms with E-state index in [0.29, 0.717) is 10.5 Å². The lowest BCUT2D eigenvalue weighted by Gasteiger charge is -1.82. The van der Waals surface area contributed by atoms with Gasteiger partial charge in [-0.15, -0.1) is 0 Å². The predicted molar refractivity (Wildman–Crippen MR) is 52.9 cm³/mol. The molecule has 0 spiro atoms. The number of hydrogen-bond acceptors (Lipinski definition) is 2. The summed E-state index contributed by atoms with van der Waals surface area (Å²) in [5.74, 6) is -0.184. The molecule has 1 aromatic carbocycles. The van der Waals surface area contributed by atoms with E-state index >= 15 is 0 Å². The smallest absolute Gasteiger partial charge is 0.288 e. The molecule has 2 nitrogen and oxygen atoms in total. The maximum Gasteiger partial charge on any atom is 0.288 e. The molecule has 0 aliphatic heterocycles. The van der Waals surface area contributed by atoms with Crippen molar-refractivity contribution in [3.05, 3.63) is 35.9 Å². The molecule has 0 aromatic heterocycles. The first-order chi connectivity index (χ1) is 5.66. The summed E-state index contributed by atoms with van der Waals surface area (Å²) in [4.78, 5) is 9.62. The highest BCUT2D eigenvalue weighted by Gasteiger charge is 1.74. The third-order valence-corrected chi connectivity index (χ3v) is 1.80. The van der Waals surface area contributed by atoms with E-state index in [4.69, 9.17) is 0 Å². The molecule has 0 atom stereocenters. The van der Waals surface area contributed by atoms with Crippen molar-refractivity contribution >= 4 is 16.5 Å². The quantitative estimate of drug-likeness (QED) is 0.555. The Morgan fingerprint density at radius 1 is 1.33 bits per heavy atom. The van der Waals surface area contributed by atoms with Crippen molar-refractivity contribution in [2.75, 3.05) is 0 Å². The molecule has 0 amide bonds. The van der Waals surface area contributed by atoms with E-state index in [0.717, 1.165) is 0 Å². The summed E-state index contributed by atoms with van der Waals surface area (Å²) in [6, 6.07) is 10.3. The highest BCUT2D eigenvalue weighted by atomic mass is 28.2. The third-order valence-electron chi connectivity index (χ3n) is 1.23. The van der Waals surface area contributed by atoms with Crippen LogP contribution in [-0.4, -0.2) is 16.5 Å². The summed E-state index contributed by atoms with van der Waals surface area (Å²) in [7, 11) is 0.524. The minimum absolute atomic E-state index is 0.184. The molecule has 0 bridgehead atoms. The fourth-order valence-corrected chi connectivity index (χ4v) is 0.534. The maximum atomic E-state index is 9.62. The van der Waals surface area contributed by atoms with Crippen LogP contribution in [0, 0.1) is 6.92 Å². The molecule has 0 N–H and O–H groups in total. The van der Waals surface area contributed by atoms with Gasteiger partial charge in [-0.3, -0.25) is 4.79 Å². The molecule has 0 fully saturated rings. The molecule has 0 radical (unpaired) electrons. The van der Waals surface area contributed by atoms with Gasteiger partial charge in [0, 0.05) is 6.92 Å². The third kappa shape index (κ3) is 7.02. The van der Waals surface area contributed by atoms with Gasteiger partial charge in [0.15, 0.2) is 0 Å². The standard InChI is InChI=1S/C7H8.C2H6O2Si/c1-7-5-3-2-4-6-7;1-2(3)4-5/h2-6H,1H3;1,5H3. The van der Waals surface area contributed by atoms with Crippen LogP contribution < -0.4 is 0 Å². The Labute approximate surface area is 76.1 Å². The highest BCUT2D eigenvalue weighted by Crippen LogP contribution is 1.92. The number of carbonyl (C=O) groups is 1. The average Bonchev–Trinajstić information content (AvgIpc) is 2.07. The Kier molecular flexibility index (Phi) is 6.00. The van der Waals surface area contributed by atoms with Gasteiger partial charge in [0.25, 0.3) is 5.97 Å². The van der Waals surface area contributed by atoms with E-state index in [-0.39, 0.29) is 5.97 Å². The number of carbonyl (C=O) groups excluding carboxylic acids is 1. The van der Waals surface area contributed by atoms with Crippen molar-refractivity contribution in [1.29, 1.82) is 0 Å². The second-order valence-electron chi connectivity index (χ2n) is 2.35. The molecule has 0 heterocycles. The van der Waals surface area contributed by atoms with Gasteiger partial charge in [0.05, 0.1) is 0 Å². The van der Waals surface area contributed by atoms with Gasteiger partial charge in [-0.25, -0.2) is 0 Å². The molecule has 66 valence electrons. The Bertz CT molecular complexity index is 221. The molecule has 1 rings (SSSR count). The summed E-state index contributed by atoms with van der Waals surface area (Å²) in [6.45, 7) is 3.48. The largest absolute Gasteiger partial charge is 0.529 e. The highest BCUT2D eigenvalue weighted by molar-refractivity contribution is 6.04. The molecule has 0 aliphatic carbocycles. The van der Waals surface area contributed by atoms with Crippen LogP contribution in [0.1, 0.15) is 12.5 Å². The summed E-state index contributed by atoms with van der Waals surface area (Å²) in [5.41, 5.74) is 1.32. The van der Waals surface area contributed by atoms with Gasteiger partial charge in [-0.1, -0.05) is 35.9 Å². The summed E-state index contributed by atoms with van der Waals surface area (Å²) in [6.07, 6.45) is 0. The number of benzene rings is 1. The Hall–Kier alpha value is -1.09. The van der Waals surface area contributed by atoms with E-state index < -0.39 is 0 Å². The molecular weight excluding hydrogens is 168 g/mol. The fourth-order valence-electron chi connectivity index (χ4n) is 0.534. The summed E-state index contributed by atoms with van der Waals surface area (Å²) < 4.78 is 4.25. The van der Waals surface area contributed by atoms with Gasteiger partial charge >= 0.3 is 0 Å². The van der Waals surface area contributed by atoms with Crippen molar-refractivity contribution in [2.24, 2.45) is 0 Å². The van der Waals surface area contributed by atoms with Crippen LogP contribution in [0.5, 0.6) is 0 Å². The second kappa shape index (κ2) is 6.61. The Morgan fingerprint density at radius 2 is 1.75 bits per heavy atom. The topological polar surface area (TPSA) is 26.3 Å². The molecule has 3 heteroatoms. The first kappa shape index (κ1) is 10.9. The van der Waals surface area contributed by atoms with E-state index in [1.807, 2.05) is 18.2 Å². The van der Waals surface area contributed by atoms with Crippen molar-refractivity contribution in [3.63, 3.8) is 0 Å². The van der Waals surface area contributed by atoms with E-state index in [2.05, 4.69) is 23.5 Å². The van der Waals surface area contributed by atoms with Crippen LogP contribution in [0.25, 0.3) is 0 Å². The lowest BCUT2D eigenvalue weighted by Crippen LogP contribution is -1.90. The number of hydrogen-bond donors (Lipinski definition) is 0. The van der Waals surface area contributed by atoms with Crippen LogP contribution in [0.4, 0.5) is 0 Å². The molecular formula is C9H14O2Si. The van der Waals surface area contributed by atoms with E-state index in [9.17, 15) is 4.79 Å². The zero-order valence-corrected chi connectivity index (χ0v) is 9.70. The molecule has 0 aliphatic rings. The van der Waals surface area contributed by atoms with Crippen LogP contribution >= 0.6 is 0 Å². The van der Waals surface area contributed by atoms with Gasteiger partial charge < -0.3 is 4.43 Å². The van der Waals surface area contributed by atoms with Crippen molar-refractivity contribution in [3.8, 4) is 0 Å². The lowest BCUT2D eigenvalue weighted by molar-refractivity contribution is -0.131. The SMILES string of the molecule is CC(=O)O[SiH3].Cc1ccccc1. The van der Waals surface area contributed by atoms with Crippen LogP contribution in [0.2, 0.25) is 0 Å². The van der Waals surface area contributed by atoms with E-state index in [1.165, 1.54) is 12.5 Å². The number of rotatable bonds is 0. The van der Waals surface area contributed by atoms with Crippen molar-refractivity contribution in [2.45, 2.75) is 13.8 Å². The zero-order valence-electron chi connectivity index (χ0n) is 7.70.